The molecule has 0 spiro atoms. The molecule has 0 amide bonds. The molecular weight excluding hydrogens is 210 g/mol. The maximum atomic E-state index is 5.53. The molecule has 0 N–H and O–H groups in total. The van der Waals surface area contributed by atoms with Crippen LogP contribution >= 0.6 is 11.6 Å². The van der Waals surface area contributed by atoms with Gasteiger partial charge in [-0.1, -0.05) is 19.3 Å². The molecule has 0 unspecified atom stereocenters. The van der Waals surface area contributed by atoms with Gasteiger partial charge in [0.1, 0.15) is 0 Å². The number of nitrogens with zero attached hydrogens (tertiary/aromatic N) is 1. The van der Waals surface area contributed by atoms with Gasteiger partial charge in [0.2, 0.25) is 0 Å². The van der Waals surface area contributed by atoms with Crippen molar-refractivity contribution in [2.45, 2.75) is 32.1 Å². The average Bonchev–Trinajstić information content (AvgIpc) is 2.26. The molecule has 0 saturated heterocycles. The minimum Gasteiger partial charge on any atom is -0.379 e. The molecule has 0 aromatic heterocycles. The smallest absolute Gasteiger partial charge is 0.0602 e. The zero-order valence-electron chi connectivity index (χ0n) is 9.88. The highest BCUT2D eigenvalue weighted by molar-refractivity contribution is 6.17. The van der Waals surface area contributed by atoms with Gasteiger partial charge in [-0.15, -0.1) is 11.6 Å². The molecule has 1 aliphatic carbocycles. The maximum Gasteiger partial charge on any atom is 0.0602 e. The van der Waals surface area contributed by atoms with Gasteiger partial charge >= 0.3 is 0 Å². The molecule has 1 rings (SSSR count). The maximum absolute atomic E-state index is 5.53. The molecule has 0 radical (unpaired) electrons. The van der Waals surface area contributed by atoms with Crippen molar-refractivity contribution < 1.29 is 4.74 Å². The fourth-order valence-corrected chi connectivity index (χ4v) is 2.39. The van der Waals surface area contributed by atoms with Crippen molar-refractivity contribution in [3.8, 4) is 0 Å². The number of halogens is 1. The first-order valence-corrected chi connectivity index (χ1v) is 6.68. The van der Waals surface area contributed by atoms with Crippen LogP contribution in [0.5, 0.6) is 0 Å². The zero-order valence-corrected chi connectivity index (χ0v) is 10.6. The third-order valence-electron chi connectivity index (χ3n) is 3.13. The molecule has 90 valence electrons. The topological polar surface area (TPSA) is 12.5 Å². The molecule has 0 aliphatic heterocycles. The van der Waals surface area contributed by atoms with Gasteiger partial charge in [0.25, 0.3) is 0 Å². The quantitative estimate of drug-likeness (QED) is 0.495. The Morgan fingerprint density at radius 3 is 2.60 bits per heavy atom. The van der Waals surface area contributed by atoms with Crippen molar-refractivity contribution >= 4 is 11.6 Å². The van der Waals surface area contributed by atoms with Crippen molar-refractivity contribution in [1.82, 2.24) is 4.90 Å². The molecule has 0 aromatic rings. The van der Waals surface area contributed by atoms with Crippen molar-refractivity contribution in [3.05, 3.63) is 0 Å². The summed E-state index contributed by atoms with van der Waals surface area (Å²) in [5.41, 5.74) is 0. The fourth-order valence-electron chi connectivity index (χ4n) is 2.28. The van der Waals surface area contributed by atoms with Crippen LogP contribution in [0, 0.1) is 5.92 Å². The first-order chi connectivity index (χ1) is 7.33. The molecule has 0 heterocycles. The van der Waals surface area contributed by atoms with E-state index in [4.69, 9.17) is 16.3 Å². The van der Waals surface area contributed by atoms with Crippen molar-refractivity contribution in [2.75, 3.05) is 39.2 Å². The van der Waals surface area contributed by atoms with E-state index in [0.717, 1.165) is 19.1 Å². The highest BCUT2D eigenvalue weighted by atomic mass is 35.5. The van der Waals surface area contributed by atoms with E-state index in [-0.39, 0.29) is 0 Å². The Kier molecular flexibility index (Phi) is 7.41. The first kappa shape index (κ1) is 13.3. The Hall–Kier alpha value is 0.210. The minimum absolute atomic E-state index is 0.604. The van der Waals surface area contributed by atoms with Crippen molar-refractivity contribution in [1.29, 1.82) is 0 Å². The highest BCUT2D eigenvalue weighted by Gasteiger charge is 2.14. The largest absolute Gasteiger partial charge is 0.379 e. The Morgan fingerprint density at radius 1 is 1.20 bits per heavy atom. The van der Waals surface area contributed by atoms with Gasteiger partial charge in [0.05, 0.1) is 13.2 Å². The lowest BCUT2D eigenvalue weighted by molar-refractivity contribution is 0.114. The number of hydrogen-bond acceptors (Lipinski definition) is 2. The number of ether oxygens (including phenoxy) is 1. The molecule has 0 aromatic carbocycles. The number of hydrogen-bond donors (Lipinski definition) is 0. The lowest BCUT2D eigenvalue weighted by Crippen LogP contribution is -2.30. The van der Waals surface area contributed by atoms with E-state index in [1.807, 2.05) is 0 Å². The molecule has 1 saturated carbocycles. The normalized spacial score (nSPS) is 18.6. The van der Waals surface area contributed by atoms with Crippen molar-refractivity contribution in [3.63, 3.8) is 0 Å². The van der Waals surface area contributed by atoms with Crippen LogP contribution < -0.4 is 0 Å². The van der Waals surface area contributed by atoms with Crippen LogP contribution in [-0.4, -0.2) is 44.1 Å². The van der Waals surface area contributed by atoms with Gasteiger partial charge in [-0.3, -0.25) is 0 Å². The van der Waals surface area contributed by atoms with E-state index < -0.39 is 0 Å². The van der Waals surface area contributed by atoms with Crippen LogP contribution in [0.3, 0.4) is 0 Å². The van der Waals surface area contributed by atoms with Gasteiger partial charge in [-0.25, -0.2) is 0 Å². The summed E-state index contributed by atoms with van der Waals surface area (Å²) in [6.07, 6.45) is 7.15. The predicted molar refractivity (Wildman–Crippen MR) is 65.6 cm³/mol. The van der Waals surface area contributed by atoms with Crippen LogP contribution in [-0.2, 0) is 4.74 Å². The van der Waals surface area contributed by atoms with Gasteiger partial charge in [0, 0.05) is 19.0 Å². The standard InChI is InChI=1S/C12H24ClNO/c1-14(8-10-15-9-7-13)11-12-5-3-2-4-6-12/h12H,2-11H2,1H3. The summed E-state index contributed by atoms with van der Waals surface area (Å²) in [6.45, 7) is 3.77. The van der Waals surface area contributed by atoms with Gasteiger partial charge in [-0.05, 0) is 25.8 Å². The average molecular weight is 234 g/mol. The Morgan fingerprint density at radius 2 is 1.93 bits per heavy atom. The summed E-state index contributed by atoms with van der Waals surface area (Å²) in [5, 5.41) is 0. The van der Waals surface area contributed by atoms with Crippen LogP contribution in [0.25, 0.3) is 0 Å². The van der Waals surface area contributed by atoms with Crippen LogP contribution in [0.1, 0.15) is 32.1 Å². The Bertz CT molecular complexity index is 149. The third-order valence-corrected chi connectivity index (χ3v) is 3.29. The van der Waals surface area contributed by atoms with E-state index in [0.29, 0.717) is 12.5 Å². The monoisotopic (exact) mass is 233 g/mol. The predicted octanol–water partition coefficient (Wildman–Crippen LogP) is 2.75. The van der Waals surface area contributed by atoms with Gasteiger partial charge in [-0.2, -0.15) is 0 Å². The van der Waals surface area contributed by atoms with Crippen LogP contribution in [0.15, 0.2) is 0 Å². The summed E-state index contributed by atoms with van der Waals surface area (Å²) >= 11 is 5.53. The summed E-state index contributed by atoms with van der Waals surface area (Å²) in [4.78, 5) is 2.39. The lowest BCUT2D eigenvalue weighted by atomic mass is 9.89. The van der Waals surface area contributed by atoms with E-state index in [1.54, 1.807) is 0 Å². The molecule has 3 heteroatoms. The van der Waals surface area contributed by atoms with Gasteiger partial charge in [0.15, 0.2) is 0 Å². The highest BCUT2D eigenvalue weighted by Crippen LogP contribution is 2.23. The molecule has 1 aliphatic rings. The van der Waals surface area contributed by atoms with E-state index in [9.17, 15) is 0 Å². The second-order valence-corrected chi connectivity index (χ2v) is 4.95. The molecular formula is C12H24ClNO. The number of alkyl halides is 1. The van der Waals surface area contributed by atoms with Gasteiger partial charge < -0.3 is 9.64 Å². The molecule has 0 atom stereocenters. The lowest BCUT2D eigenvalue weighted by Gasteiger charge is -2.26. The van der Waals surface area contributed by atoms with Crippen LogP contribution in [0.4, 0.5) is 0 Å². The SMILES string of the molecule is CN(CCOCCCl)CC1CCCCC1. The molecule has 15 heavy (non-hydrogen) atoms. The number of rotatable bonds is 7. The summed E-state index contributed by atoms with van der Waals surface area (Å²) in [5.74, 6) is 1.53. The summed E-state index contributed by atoms with van der Waals surface area (Å²) in [7, 11) is 2.19. The van der Waals surface area contributed by atoms with E-state index >= 15 is 0 Å². The van der Waals surface area contributed by atoms with E-state index in [2.05, 4.69) is 11.9 Å². The Balaban J connectivity index is 1.98. The van der Waals surface area contributed by atoms with Crippen LogP contribution in [0.2, 0.25) is 0 Å². The van der Waals surface area contributed by atoms with E-state index in [1.165, 1.54) is 38.6 Å². The summed E-state index contributed by atoms with van der Waals surface area (Å²) < 4.78 is 5.37. The fraction of sp³-hybridized carbons (Fsp3) is 1.00. The first-order valence-electron chi connectivity index (χ1n) is 6.15. The van der Waals surface area contributed by atoms with Crippen molar-refractivity contribution in [2.24, 2.45) is 5.92 Å². The molecule has 0 bridgehead atoms. The molecule has 2 nitrogen and oxygen atoms in total. The summed E-state index contributed by atoms with van der Waals surface area (Å²) in [6, 6.07) is 0. The third kappa shape index (κ3) is 6.39. The molecule has 1 fully saturated rings. The number of likely N-dealkylation sites (N-methyl/N-ethyl adjacent to an activating group) is 1. The zero-order chi connectivity index (χ0) is 10.9. The Labute approximate surface area is 98.9 Å². The second kappa shape index (κ2) is 8.37. The minimum atomic E-state index is 0.604. The second-order valence-electron chi connectivity index (χ2n) is 4.57.